The number of rotatable bonds is 8. The summed E-state index contributed by atoms with van der Waals surface area (Å²) >= 11 is 0. The van der Waals surface area contributed by atoms with Gasteiger partial charge in [-0.2, -0.15) is 5.10 Å². The van der Waals surface area contributed by atoms with Crippen molar-refractivity contribution in [3.8, 4) is 0 Å². The number of hydrogen-bond donors (Lipinski definition) is 1. The number of amides is 1. The lowest BCUT2D eigenvalue weighted by atomic mass is 10.1. The maximum Gasteiger partial charge on any atom is 0.254 e. The summed E-state index contributed by atoms with van der Waals surface area (Å²) in [6.07, 6.45) is 2.43. The topological polar surface area (TPSA) is 53.4 Å². The van der Waals surface area contributed by atoms with Crippen molar-refractivity contribution in [2.45, 2.75) is 19.9 Å². The molecule has 0 atom stereocenters. The third-order valence-electron chi connectivity index (χ3n) is 5.98. The molecule has 2 heterocycles. The molecule has 1 aromatic heterocycles. The number of nitrogens with one attached hydrogen (secondary N) is 1. The first kappa shape index (κ1) is 22.0. The van der Waals surface area contributed by atoms with Crippen molar-refractivity contribution in [1.82, 2.24) is 20.0 Å². The Bertz CT molecular complexity index is 1010. The lowest BCUT2D eigenvalue weighted by Crippen LogP contribution is -2.48. The van der Waals surface area contributed by atoms with Gasteiger partial charge in [0.15, 0.2) is 0 Å². The summed E-state index contributed by atoms with van der Waals surface area (Å²) in [5.74, 6) is -0.272. The van der Waals surface area contributed by atoms with E-state index in [2.05, 4.69) is 39.3 Å². The zero-order valence-electron chi connectivity index (χ0n) is 18.5. The normalized spacial score (nSPS) is 14.5. The van der Waals surface area contributed by atoms with Crippen LogP contribution in [0.25, 0.3) is 0 Å². The molecular formula is C25H30FN5O. The van der Waals surface area contributed by atoms with Crippen LogP contribution in [0.1, 0.15) is 28.5 Å². The Balaban J connectivity index is 1.25. The Hall–Kier alpha value is -3.19. The third kappa shape index (κ3) is 5.34. The molecule has 0 radical (unpaired) electrons. The zero-order chi connectivity index (χ0) is 22.3. The summed E-state index contributed by atoms with van der Waals surface area (Å²) in [7, 11) is 0. The fourth-order valence-corrected chi connectivity index (χ4v) is 4.17. The maximum absolute atomic E-state index is 13.1. The predicted octanol–water partition coefficient (Wildman–Crippen LogP) is 3.18. The van der Waals surface area contributed by atoms with Crippen LogP contribution in [0.5, 0.6) is 0 Å². The molecule has 1 amide bonds. The van der Waals surface area contributed by atoms with Gasteiger partial charge < -0.3 is 10.2 Å². The fourth-order valence-electron chi connectivity index (χ4n) is 4.17. The largest absolute Gasteiger partial charge is 0.369 e. The van der Waals surface area contributed by atoms with E-state index in [0.29, 0.717) is 18.7 Å². The number of carbonyl (C=O) groups excluding carboxylic acids is 1. The van der Waals surface area contributed by atoms with Crippen molar-refractivity contribution in [2.24, 2.45) is 0 Å². The van der Waals surface area contributed by atoms with Crippen LogP contribution in [-0.4, -0.2) is 59.9 Å². The number of piperazine rings is 1. The number of aromatic nitrogens is 2. The zero-order valence-corrected chi connectivity index (χ0v) is 18.5. The number of anilines is 1. The average molecular weight is 436 g/mol. The van der Waals surface area contributed by atoms with Crippen LogP contribution in [0.3, 0.4) is 0 Å². The standard InChI is InChI=1S/C25H30FN5O/c1-2-24-23(18-28-31(24)19-20-6-4-3-5-7-20)25(32)27-12-13-29-14-16-30(17-15-29)22-10-8-21(26)9-11-22/h3-11,18H,2,12-17,19H2,1H3,(H,27,32). The molecule has 0 bridgehead atoms. The molecule has 1 aliphatic heterocycles. The molecule has 0 aliphatic carbocycles. The van der Waals surface area contributed by atoms with Gasteiger partial charge in [0.05, 0.1) is 24.0 Å². The quantitative estimate of drug-likeness (QED) is 0.591. The highest BCUT2D eigenvalue weighted by molar-refractivity contribution is 5.95. The lowest BCUT2D eigenvalue weighted by molar-refractivity contribution is 0.0946. The first-order chi connectivity index (χ1) is 15.6. The van der Waals surface area contributed by atoms with Gasteiger partial charge in [0.2, 0.25) is 0 Å². The van der Waals surface area contributed by atoms with Gasteiger partial charge in [0.1, 0.15) is 5.82 Å². The van der Waals surface area contributed by atoms with E-state index in [-0.39, 0.29) is 11.7 Å². The molecule has 3 aromatic rings. The minimum atomic E-state index is -0.208. The minimum absolute atomic E-state index is 0.0638. The molecule has 1 aliphatic rings. The maximum atomic E-state index is 13.1. The van der Waals surface area contributed by atoms with E-state index in [1.807, 2.05) is 35.0 Å². The first-order valence-electron chi connectivity index (χ1n) is 11.2. The van der Waals surface area contributed by atoms with Crippen molar-refractivity contribution >= 4 is 11.6 Å². The van der Waals surface area contributed by atoms with Gasteiger partial charge in [0.25, 0.3) is 5.91 Å². The van der Waals surface area contributed by atoms with Crippen LogP contribution in [0.4, 0.5) is 10.1 Å². The Kier molecular flexibility index (Phi) is 7.17. The van der Waals surface area contributed by atoms with Gasteiger partial charge in [-0.1, -0.05) is 37.3 Å². The van der Waals surface area contributed by atoms with Crippen LogP contribution in [-0.2, 0) is 13.0 Å². The predicted molar refractivity (Wildman–Crippen MR) is 125 cm³/mol. The van der Waals surface area contributed by atoms with E-state index in [1.165, 1.54) is 12.1 Å². The number of hydrogen-bond acceptors (Lipinski definition) is 4. The monoisotopic (exact) mass is 435 g/mol. The van der Waals surface area contributed by atoms with Crippen LogP contribution in [0.2, 0.25) is 0 Å². The Morgan fingerprint density at radius 2 is 1.75 bits per heavy atom. The van der Waals surface area contributed by atoms with Crippen molar-refractivity contribution in [1.29, 1.82) is 0 Å². The molecule has 168 valence electrons. The molecule has 1 N–H and O–H groups in total. The summed E-state index contributed by atoms with van der Waals surface area (Å²) in [5, 5.41) is 7.52. The van der Waals surface area contributed by atoms with E-state index >= 15 is 0 Å². The van der Waals surface area contributed by atoms with Gasteiger partial charge in [0, 0.05) is 45.0 Å². The average Bonchev–Trinajstić information content (AvgIpc) is 3.23. The molecule has 7 heteroatoms. The summed E-state index contributed by atoms with van der Waals surface area (Å²) < 4.78 is 15.0. The number of carbonyl (C=O) groups is 1. The number of nitrogens with zero attached hydrogens (tertiary/aromatic N) is 4. The molecule has 2 aromatic carbocycles. The van der Waals surface area contributed by atoms with Crippen LogP contribution < -0.4 is 10.2 Å². The van der Waals surface area contributed by atoms with Crippen LogP contribution in [0.15, 0.2) is 60.8 Å². The highest BCUT2D eigenvalue weighted by Gasteiger charge is 2.19. The summed E-state index contributed by atoms with van der Waals surface area (Å²) in [5.41, 5.74) is 3.83. The van der Waals surface area contributed by atoms with Gasteiger partial charge in [-0.25, -0.2) is 4.39 Å². The lowest BCUT2D eigenvalue weighted by Gasteiger charge is -2.36. The van der Waals surface area contributed by atoms with Gasteiger partial charge in [-0.3, -0.25) is 14.4 Å². The number of halogens is 1. The van der Waals surface area contributed by atoms with Crippen molar-refractivity contribution < 1.29 is 9.18 Å². The van der Waals surface area contributed by atoms with E-state index in [1.54, 1.807) is 6.20 Å². The van der Waals surface area contributed by atoms with Gasteiger partial charge in [-0.05, 0) is 36.2 Å². The number of benzene rings is 2. The molecule has 0 spiro atoms. The summed E-state index contributed by atoms with van der Waals surface area (Å²) in [4.78, 5) is 17.4. The highest BCUT2D eigenvalue weighted by atomic mass is 19.1. The molecule has 0 saturated carbocycles. The molecule has 4 rings (SSSR count). The fraction of sp³-hybridized carbons (Fsp3) is 0.360. The molecular weight excluding hydrogens is 405 g/mol. The van der Waals surface area contributed by atoms with Gasteiger partial charge >= 0.3 is 0 Å². The Labute approximate surface area is 188 Å². The second kappa shape index (κ2) is 10.4. The second-order valence-corrected chi connectivity index (χ2v) is 8.06. The minimum Gasteiger partial charge on any atom is -0.369 e. The SMILES string of the molecule is CCc1c(C(=O)NCCN2CCN(c3ccc(F)cc3)CC2)cnn1Cc1ccccc1. The smallest absolute Gasteiger partial charge is 0.254 e. The van der Waals surface area contributed by atoms with E-state index in [0.717, 1.165) is 56.1 Å². The van der Waals surface area contributed by atoms with E-state index in [4.69, 9.17) is 0 Å². The molecule has 0 unspecified atom stereocenters. The summed E-state index contributed by atoms with van der Waals surface area (Å²) in [6.45, 7) is 7.75. The highest BCUT2D eigenvalue weighted by Crippen LogP contribution is 2.17. The molecule has 1 saturated heterocycles. The van der Waals surface area contributed by atoms with Crippen LogP contribution in [0, 0.1) is 5.82 Å². The Morgan fingerprint density at radius 3 is 2.44 bits per heavy atom. The molecule has 1 fully saturated rings. The second-order valence-electron chi connectivity index (χ2n) is 8.06. The molecule has 6 nitrogen and oxygen atoms in total. The van der Waals surface area contributed by atoms with Gasteiger partial charge in [-0.15, -0.1) is 0 Å². The van der Waals surface area contributed by atoms with E-state index < -0.39 is 0 Å². The van der Waals surface area contributed by atoms with Crippen molar-refractivity contribution in [3.05, 3.63) is 83.4 Å². The van der Waals surface area contributed by atoms with Crippen molar-refractivity contribution in [2.75, 3.05) is 44.2 Å². The Morgan fingerprint density at radius 1 is 1.03 bits per heavy atom. The van der Waals surface area contributed by atoms with Crippen LogP contribution >= 0.6 is 0 Å². The first-order valence-corrected chi connectivity index (χ1v) is 11.2. The van der Waals surface area contributed by atoms with Crippen molar-refractivity contribution in [3.63, 3.8) is 0 Å². The third-order valence-corrected chi connectivity index (χ3v) is 5.98. The summed E-state index contributed by atoms with van der Waals surface area (Å²) in [6, 6.07) is 16.8. The molecule has 32 heavy (non-hydrogen) atoms. The van der Waals surface area contributed by atoms with E-state index in [9.17, 15) is 9.18 Å².